The van der Waals surface area contributed by atoms with Gasteiger partial charge in [0.15, 0.2) is 0 Å². The number of fused-ring (bicyclic) bond motifs is 2. The number of carbonyl (C=O) groups is 2. The average Bonchev–Trinajstić information content (AvgIpc) is 3.13. The SMILES string of the molecule is COC(=O)[C@@H]1[C@H]2CC[C@@H](C2)[C@H]1NC(=O)c1ccc[nH]1. The summed E-state index contributed by atoms with van der Waals surface area (Å²) in [6.45, 7) is 0. The number of nitrogens with one attached hydrogen (secondary N) is 2. The molecule has 1 heterocycles. The monoisotopic (exact) mass is 262 g/mol. The van der Waals surface area contributed by atoms with Crippen LogP contribution in [0.3, 0.4) is 0 Å². The molecule has 0 unspecified atom stereocenters. The molecule has 2 fully saturated rings. The van der Waals surface area contributed by atoms with Gasteiger partial charge in [-0.15, -0.1) is 0 Å². The first kappa shape index (κ1) is 12.3. The fourth-order valence-electron chi connectivity index (χ4n) is 3.67. The zero-order valence-corrected chi connectivity index (χ0v) is 10.9. The van der Waals surface area contributed by atoms with Crippen LogP contribution in [0.5, 0.6) is 0 Å². The molecule has 102 valence electrons. The van der Waals surface area contributed by atoms with Gasteiger partial charge in [-0.1, -0.05) is 0 Å². The van der Waals surface area contributed by atoms with Crippen molar-refractivity contribution in [2.45, 2.75) is 25.3 Å². The van der Waals surface area contributed by atoms with Gasteiger partial charge in [0.2, 0.25) is 0 Å². The Bertz CT molecular complexity index is 483. The molecule has 0 aromatic carbocycles. The molecule has 0 saturated heterocycles. The molecule has 0 spiro atoms. The quantitative estimate of drug-likeness (QED) is 0.807. The Hall–Kier alpha value is -1.78. The number of esters is 1. The third kappa shape index (κ3) is 2.03. The summed E-state index contributed by atoms with van der Waals surface area (Å²) < 4.78 is 4.89. The van der Waals surface area contributed by atoms with Crippen LogP contribution in [-0.4, -0.2) is 30.0 Å². The van der Waals surface area contributed by atoms with Crippen LogP contribution in [0.25, 0.3) is 0 Å². The molecule has 1 aromatic heterocycles. The van der Waals surface area contributed by atoms with Crippen LogP contribution in [0.15, 0.2) is 18.3 Å². The van der Waals surface area contributed by atoms with Gasteiger partial charge < -0.3 is 15.0 Å². The second-order valence-corrected chi connectivity index (χ2v) is 5.47. The third-order valence-corrected chi connectivity index (χ3v) is 4.53. The number of methoxy groups -OCH3 is 1. The van der Waals surface area contributed by atoms with Gasteiger partial charge >= 0.3 is 5.97 Å². The van der Waals surface area contributed by atoms with Crippen LogP contribution in [0, 0.1) is 17.8 Å². The van der Waals surface area contributed by atoms with E-state index < -0.39 is 0 Å². The van der Waals surface area contributed by atoms with Gasteiger partial charge in [-0.3, -0.25) is 9.59 Å². The molecule has 0 radical (unpaired) electrons. The molecule has 2 bridgehead atoms. The van der Waals surface area contributed by atoms with E-state index in [0.29, 0.717) is 17.5 Å². The average molecular weight is 262 g/mol. The van der Waals surface area contributed by atoms with Crippen LogP contribution in [0.2, 0.25) is 0 Å². The summed E-state index contributed by atoms with van der Waals surface area (Å²) in [5.41, 5.74) is 0.534. The lowest BCUT2D eigenvalue weighted by Crippen LogP contribution is -2.47. The number of hydrogen-bond donors (Lipinski definition) is 2. The number of hydrogen-bond acceptors (Lipinski definition) is 3. The standard InChI is InChI=1S/C14H18N2O3/c1-19-14(18)11-8-4-5-9(7-8)12(11)16-13(17)10-3-2-6-15-10/h2-3,6,8-9,11-12,15H,4-5,7H2,1H3,(H,16,17)/t8-,9-,11+,12+/m0/s1. The Kier molecular flexibility index (Phi) is 3.05. The van der Waals surface area contributed by atoms with Crippen molar-refractivity contribution in [2.24, 2.45) is 17.8 Å². The molecule has 2 aliphatic carbocycles. The van der Waals surface area contributed by atoms with Gasteiger partial charge in [-0.25, -0.2) is 0 Å². The normalized spacial score (nSPS) is 32.3. The van der Waals surface area contributed by atoms with Gasteiger partial charge in [0.05, 0.1) is 13.0 Å². The largest absolute Gasteiger partial charge is 0.469 e. The highest BCUT2D eigenvalue weighted by Crippen LogP contribution is 2.48. The molecule has 3 rings (SSSR count). The molecule has 19 heavy (non-hydrogen) atoms. The van der Waals surface area contributed by atoms with E-state index in [4.69, 9.17) is 4.74 Å². The Balaban J connectivity index is 1.75. The minimum absolute atomic E-state index is 0.0815. The number of ether oxygens (including phenoxy) is 1. The van der Waals surface area contributed by atoms with E-state index in [1.807, 2.05) is 0 Å². The number of aromatic nitrogens is 1. The summed E-state index contributed by atoms with van der Waals surface area (Å²) in [5.74, 6) is 0.266. The maximum atomic E-state index is 12.1. The number of aromatic amines is 1. The highest BCUT2D eigenvalue weighted by Gasteiger charge is 2.52. The second-order valence-electron chi connectivity index (χ2n) is 5.47. The predicted molar refractivity (Wildman–Crippen MR) is 68.4 cm³/mol. The summed E-state index contributed by atoms with van der Waals surface area (Å²) in [4.78, 5) is 26.9. The summed E-state index contributed by atoms with van der Waals surface area (Å²) in [5, 5.41) is 3.01. The van der Waals surface area contributed by atoms with Crippen LogP contribution < -0.4 is 5.32 Å². The first-order valence-corrected chi connectivity index (χ1v) is 6.72. The Labute approximate surface area is 111 Å². The minimum Gasteiger partial charge on any atom is -0.469 e. The molecule has 2 saturated carbocycles. The second kappa shape index (κ2) is 4.72. The van der Waals surface area contributed by atoms with Crippen molar-refractivity contribution in [3.05, 3.63) is 24.0 Å². The molecule has 2 aliphatic rings. The fraction of sp³-hybridized carbons (Fsp3) is 0.571. The Morgan fingerprint density at radius 3 is 2.84 bits per heavy atom. The van der Waals surface area contributed by atoms with E-state index in [-0.39, 0.29) is 23.8 Å². The van der Waals surface area contributed by atoms with E-state index in [1.54, 1.807) is 18.3 Å². The van der Waals surface area contributed by atoms with Crippen molar-refractivity contribution < 1.29 is 14.3 Å². The smallest absolute Gasteiger partial charge is 0.311 e. The summed E-state index contributed by atoms with van der Waals surface area (Å²) in [7, 11) is 1.41. The van der Waals surface area contributed by atoms with E-state index in [0.717, 1.165) is 19.3 Å². The number of H-pyrrole nitrogens is 1. The Morgan fingerprint density at radius 1 is 1.37 bits per heavy atom. The molecule has 5 nitrogen and oxygen atoms in total. The van der Waals surface area contributed by atoms with Crippen molar-refractivity contribution >= 4 is 11.9 Å². The lowest BCUT2D eigenvalue weighted by molar-refractivity contribution is -0.148. The summed E-state index contributed by atoms with van der Waals surface area (Å²) in [6, 6.07) is 3.44. The number of carbonyl (C=O) groups excluding carboxylic acids is 2. The van der Waals surface area contributed by atoms with Crippen molar-refractivity contribution in [3.8, 4) is 0 Å². The van der Waals surface area contributed by atoms with Crippen LogP contribution in [0.1, 0.15) is 29.8 Å². The first-order valence-electron chi connectivity index (χ1n) is 6.72. The third-order valence-electron chi connectivity index (χ3n) is 4.53. The predicted octanol–water partition coefficient (Wildman–Crippen LogP) is 1.33. The molecular formula is C14H18N2O3. The highest BCUT2D eigenvalue weighted by atomic mass is 16.5. The van der Waals surface area contributed by atoms with Crippen LogP contribution >= 0.6 is 0 Å². The molecule has 4 atom stereocenters. The molecule has 1 amide bonds. The fourth-order valence-corrected chi connectivity index (χ4v) is 3.67. The molecule has 0 aliphatic heterocycles. The summed E-state index contributed by atoms with van der Waals surface area (Å²) in [6.07, 6.45) is 4.90. The molecule has 2 N–H and O–H groups in total. The lowest BCUT2D eigenvalue weighted by atomic mass is 9.84. The van der Waals surface area contributed by atoms with Crippen LogP contribution in [-0.2, 0) is 9.53 Å². The van der Waals surface area contributed by atoms with Gasteiger partial charge in [0.25, 0.3) is 5.91 Å². The van der Waals surface area contributed by atoms with Crippen molar-refractivity contribution in [3.63, 3.8) is 0 Å². The van der Waals surface area contributed by atoms with E-state index >= 15 is 0 Å². The molecule has 1 aromatic rings. The maximum Gasteiger partial charge on any atom is 0.311 e. The first-order chi connectivity index (χ1) is 9.20. The van der Waals surface area contributed by atoms with Gasteiger partial charge in [0.1, 0.15) is 5.69 Å². The van der Waals surface area contributed by atoms with E-state index in [2.05, 4.69) is 10.3 Å². The summed E-state index contributed by atoms with van der Waals surface area (Å²) >= 11 is 0. The van der Waals surface area contributed by atoms with Crippen molar-refractivity contribution in [1.82, 2.24) is 10.3 Å². The van der Waals surface area contributed by atoms with Crippen molar-refractivity contribution in [2.75, 3.05) is 7.11 Å². The lowest BCUT2D eigenvalue weighted by Gasteiger charge is -2.29. The van der Waals surface area contributed by atoms with Crippen molar-refractivity contribution in [1.29, 1.82) is 0 Å². The van der Waals surface area contributed by atoms with E-state index in [1.165, 1.54) is 7.11 Å². The van der Waals surface area contributed by atoms with E-state index in [9.17, 15) is 9.59 Å². The topological polar surface area (TPSA) is 71.2 Å². The van der Waals surface area contributed by atoms with Gasteiger partial charge in [-0.05, 0) is 43.2 Å². The number of rotatable bonds is 3. The zero-order valence-electron chi connectivity index (χ0n) is 10.9. The molecular weight excluding hydrogens is 244 g/mol. The minimum atomic E-state index is -0.191. The Morgan fingerprint density at radius 2 is 2.16 bits per heavy atom. The molecule has 5 heteroatoms. The van der Waals surface area contributed by atoms with Crippen LogP contribution in [0.4, 0.5) is 0 Å². The van der Waals surface area contributed by atoms with Gasteiger partial charge in [-0.2, -0.15) is 0 Å². The van der Waals surface area contributed by atoms with Gasteiger partial charge in [0, 0.05) is 12.2 Å². The maximum absolute atomic E-state index is 12.1. The number of amides is 1. The zero-order chi connectivity index (χ0) is 13.4. The highest BCUT2D eigenvalue weighted by molar-refractivity contribution is 5.93.